The molecule has 1 aliphatic carbocycles. The number of nitrogens with one attached hydrogen (secondary N) is 1. The minimum absolute atomic E-state index is 0.0489. The Morgan fingerprint density at radius 2 is 2.05 bits per heavy atom. The Balaban J connectivity index is 1.88. The Hall–Kier alpha value is -1.40. The Labute approximate surface area is 132 Å². The van der Waals surface area contributed by atoms with Gasteiger partial charge in [0, 0.05) is 18.1 Å². The number of hydrogen-bond donors (Lipinski definition) is 2. The zero-order chi connectivity index (χ0) is 15.5. The molecule has 0 saturated heterocycles. The molecule has 2 N–H and O–H groups in total. The number of aliphatic carboxylic acids is 1. The second-order valence-corrected chi connectivity index (χ2v) is 6.29. The number of amides is 1. The van der Waals surface area contributed by atoms with Crippen molar-refractivity contribution in [3.63, 3.8) is 0 Å². The summed E-state index contributed by atoms with van der Waals surface area (Å²) in [4.78, 5) is 24.9. The van der Waals surface area contributed by atoms with Crippen LogP contribution in [0, 0.1) is 0 Å². The van der Waals surface area contributed by atoms with Gasteiger partial charge in [0.2, 0.25) is 5.91 Å². The molecule has 0 spiro atoms. The molecular weight excluding hydrogens is 336 g/mol. The monoisotopic (exact) mass is 354 g/mol. The van der Waals surface area contributed by atoms with Gasteiger partial charge < -0.3 is 10.0 Å². The zero-order valence-corrected chi connectivity index (χ0v) is 13.5. The third-order valence-electron chi connectivity index (χ3n) is 3.99. The Kier molecular flexibility index (Phi) is 5.00. The van der Waals surface area contributed by atoms with E-state index in [0.29, 0.717) is 19.4 Å². The summed E-state index contributed by atoms with van der Waals surface area (Å²) in [5, 5.41) is 12.1. The van der Waals surface area contributed by atoms with Gasteiger partial charge in [-0.25, -0.2) is 0 Å². The van der Waals surface area contributed by atoms with Crippen LogP contribution in [-0.2, 0) is 16.1 Å². The maximum Gasteiger partial charge on any atom is 0.323 e. The van der Waals surface area contributed by atoms with Gasteiger partial charge in [-0.3, -0.25) is 14.9 Å². The second-order valence-electron chi connectivity index (χ2n) is 5.44. The van der Waals surface area contributed by atoms with Crippen molar-refractivity contribution >= 4 is 27.8 Å². The van der Waals surface area contributed by atoms with Crippen LogP contribution < -0.4 is 5.32 Å². The first-order valence-corrected chi connectivity index (χ1v) is 7.70. The van der Waals surface area contributed by atoms with Gasteiger partial charge in [-0.15, -0.1) is 0 Å². The number of hydrogen-bond acceptors (Lipinski definition) is 3. The maximum atomic E-state index is 12.1. The SMILES string of the molecule is CN(Cc1ccccc1Br)C(=O)CNC1(C(=O)O)CCC1. The standard InChI is InChI=1S/C15H19BrN2O3/c1-18(10-11-5-2-3-6-12(11)16)13(19)9-17-15(14(20)21)7-4-8-15/h2-3,5-6,17H,4,7-10H2,1H3,(H,20,21). The van der Waals surface area contributed by atoms with Crippen LogP contribution >= 0.6 is 15.9 Å². The van der Waals surface area contributed by atoms with Gasteiger partial charge in [0.15, 0.2) is 0 Å². The highest BCUT2D eigenvalue weighted by atomic mass is 79.9. The Morgan fingerprint density at radius 1 is 1.38 bits per heavy atom. The number of nitrogens with zero attached hydrogens (tertiary/aromatic N) is 1. The molecule has 1 aromatic rings. The van der Waals surface area contributed by atoms with Gasteiger partial charge in [0.1, 0.15) is 5.54 Å². The third-order valence-corrected chi connectivity index (χ3v) is 4.76. The summed E-state index contributed by atoms with van der Waals surface area (Å²) in [6.45, 7) is 0.537. The van der Waals surface area contributed by atoms with Crippen LogP contribution in [0.1, 0.15) is 24.8 Å². The van der Waals surface area contributed by atoms with Crippen molar-refractivity contribution in [2.45, 2.75) is 31.3 Å². The number of benzene rings is 1. The van der Waals surface area contributed by atoms with Crippen LogP contribution in [0.3, 0.4) is 0 Å². The molecular formula is C15H19BrN2O3. The highest BCUT2D eigenvalue weighted by molar-refractivity contribution is 9.10. The van der Waals surface area contributed by atoms with Gasteiger partial charge >= 0.3 is 5.97 Å². The van der Waals surface area contributed by atoms with Gasteiger partial charge in [0.05, 0.1) is 6.54 Å². The van der Waals surface area contributed by atoms with E-state index in [9.17, 15) is 14.7 Å². The maximum absolute atomic E-state index is 12.1. The fourth-order valence-electron chi connectivity index (χ4n) is 2.35. The number of likely N-dealkylation sites (N-methyl/N-ethyl adjacent to an activating group) is 1. The summed E-state index contributed by atoms with van der Waals surface area (Å²) in [7, 11) is 1.72. The third kappa shape index (κ3) is 3.63. The van der Waals surface area contributed by atoms with Crippen LogP contribution in [-0.4, -0.2) is 41.0 Å². The molecule has 0 bridgehead atoms. The summed E-state index contributed by atoms with van der Waals surface area (Å²) in [5.74, 6) is -0.978. The van der Waals surface area contributed by atoms with Crippen molar-refractivity contribution < 1.29 is 14.7 Å². The number of carboxylic acids is 1. The van der Waals surface area contributed by atoms with Crippen molar-refractivity contribution in [1.29, 1.82) is 0 Å². The first kappa shape index (κ1) is 16.0. The summed E-state index contributed by atoms with van der Waals surface area (Å²) in [6.07, 6.45) is 2.06. The van der Waals surface area contributed by atoms with Crippen molar-refractivity contribution in [3.8, 4) is 0 Å². The van der Waals surface area contributed by atoms with E-state index >= 15 is 0 Å². The lowest BCUT2D eigenvalue weighted by molar-refractivity contribution is -0.149. The minimum atomic E-state index is -0.899. The Bertz CT molecular complexity index is 543. The average molecular weight is 355 g/mol. The molecule has 0 radical (unpaired) electrons. The number of halogens is 1. The van der Waals surface area contributed by atoms with Gasteiger partial charge in [-0.2, -0.15) is 0 Å². The van der Waals surface area contributed by atoms with E-state index in [1.807, 2.05) is 24.3 Å². The zero-order valence-electron chi connectivity index (χ0n) is 11.9. The second kappa shape index (κ2) is 6.58. The van der Waals surface area contributed by atoms with Crippen LogP contribution in [0.5, 0.6) is 0 Å². The molecule has 1 aromatic carbocycles. The largest absolute Gasteiger partial charge is 0.480 e. The highest BCUT2D eigenvalue weighted by Gasteiger charge is 2.44. The molecule has 0 unspecified atom stereocenters. The van der Waals surface area contributed by atoms with Crippen LogP contribution in [0.4, 0.5) is 0 Å². The predicted molar refractivity (Wildman–Crippen MR) is 82.8 cm³/mol. The molecule has 2 rings (SSSR count). The van der Waals surface area contributed by atoms with Crippen molar-refractivity contribution in [2.24, 2.45) is 0 Å². The number of carboxylic acid groups (broad SMARTS) is 1. The van der Waals surface area contributed by atoms with E-state index in [2.05, 4.69) is 21.2 Å². The topological polar surface area (TPSA) is 69.6 Å². The van der Waals surface area contributed by atoms with Crippen LogP contribution in [0.2, 0.25) is 0 Å². The fourth-order valence-corrected chi connectivity index (χ4v) is 2.76. The summed E-state index contributed by atoms with van der Waals surface area (Å²) < 4.78 is 0.957. The number of carbonyl (C=O) groups is 2. The smallest absolute Gasteiger partial charge is 0.323 e. The van der Waals surface area contributed by atoms with Crippen molar-refractivity contribution in [1.82, 2.24) is 10.2 Å². The first-order valence-electron chi connectivity index (χ1n) is 6.90. The van der Waals surface area contributed by atoms with Crippen molar-refractivity contribution in [2.75, 3.05) is 13.6 Å². The lowest BCUT2D eigenvalue weighted by Gasteiger charge is -2.38. The van der Waals surface area contributed by atoms with Crippen molar-refractivity contribution in [3.05, 3.63) is 34.3 Å². The van der Waals surface area contributed by atoms with Gasteiger partial charge in [-0.1, -0.05) is 34.1 Å². The first-order chi connectivity index (χ1) is 9.94. The average Bonchev–Trinajstić information content (AvgIpc) is 2.39. The fraction of sp³-hybridized carbons (Fsp3) is 0.467. The number of rotatable bonds is 6. The molecule has 1 aliphatic rings. The molecule has 1 amide bonds. The quantitative estimate of drug-likeness (QED) is 0.819. The van der Waals surface area contributed by atoms with Gasteiger partial charge in [-0.05, 0) is 30.9 Å². The van der Waals surface area contributed by atoms with Gasteiger partial charge in [0.25, 0.3) is 0 Å². The lowest BCUT2D eigenvalue weighted by atomic mass is 9.77. The minimum Gasteiger partial charge on any atom is -0.480 e. The van der Waals surface area contributed by atoms with E-state index in [0.717, 1.165) is 16.5 Å². The predicted octanol–water partition coefficient (Wildman–Crippen LogP) is 2.00. The highest BCUT2D eigenvalue weighted by Crippen LogP contribution is 2.31. The Morgan fingerprint density at radius 3 is 2.57 bits per heavy atom. The summed E-state index contributed by atoms with van der Waals surface area (Å²) in [5.41, 5.74) is 0.119. The van der Waals surface area contributed by atoms with E-state index in [1.165, 1.54) is 0 Å². The molecule has 0 atom stereocenters. The van der Waals surface area contributed by atoms with Crippen LogP contribution in [0.25, 0.3) is 0 Å². The summed E-state index contributed by atoms with van der Waals surface area (Å²) in [6, 6.07) is 7.72. The number of carbonyl (C=O) groups excluding carboxylic acids is 1. The van der Waals surface area contributed by atoms with E-state index in [-0.39, 0.29) is 12.5 Å². The van der Waals surface area contributed by atoms with E-state index < -0.39 is 11.5 Å². The molecule has 1 fully saturated rings. The normalized spacial score (nSPS) is 16.1. The lowest BCUT2D eigenvalue weighted by Crippen LogP contribution is -2.59. The molecule has 1 saturated carbocycles. The molecule has 0 aromatic heterocycles. The van der Waals surface area contributed by atoms with E-state index in [4.69, 9.17) is 0 Å². The van der Waals surface area contributed by atoms with E-state index in [1.54, 1.807) is 11.9 Å². The molecule has 0 heterocycles. The molecule has 0 aliphatic heterocycles. The van der Waals surface area contributed by atoms with Crippen LogP contribution in [0.15, 0.2) is 28.7 Å². The molecule has 6 heteroatoms. The summed E-state index contributed by atoms with van der Waals surface area (Å²) >= 11 is 3.45. The molecule has 21 heavy (non-hydrogen) atoms. The molecule has 5 nitrogen and oxygen atoms in total. The molecule has 114 valence electrons.